The second kappa shape index (κ2) is 5.21. The lowest BCUT2D eigenvalue weighted by molar-refractivity contribution is -0.141. The van der Waals surface area contributed by atoms with E-state index in [4.69, 9.17) is 5.11 Å². The van der Waals surface area contributed by atoms with Crippen LogP contribution in [-0.2, 0) is 14.6 Å². The predicted molar refractivity (Wildman–Crippen MR) is 71.9 cm³/mol. The number of hydrogen-bond donors (Lipinski definition) is 2. The van der Waals surface area contributed by atoms with E-state index in [-0.39, 0.29) is 16.9 Å². The van der Waals surface area contributed by atoms with Gasteiger partial charge in [0.15, 0.2) is 9.84 Å². The average molecular weight is 283 g/mol. The highest BCUT2D eigenvalue weighted by molar-refractivity contribution is 7.90. The molecule has 1 aromatic rings. The van der Waals surface area contributed by atoms with Crippen molar-refractivity contribution in [2.24, 2.45) is 5.92 Å². The van der Waals surface area contributed by atoms with E-state index >= 15 is 0 Å². The van der Waals surface area contributed by atoms with Gasteiger partial charge in [-0.2, -0.15) is 0 Å². The van der Waals surface area contributed by atoms with Crippen molar-refractivity contribution in [2.45, 2.75) is 30.2 Å². The van der Waals surface area contributed by atoms with Crippen LogP contribution in [0.4, 0.5) is 5.69 Å². The highest BCUT2D eigenvalue weighted by atomic mass is 32.2. The third-order valence-corrected chi connectivity index (χ3v) is 4.58. The molecule has 0 radical (unpaired) electrons. The number of hydrogen-bond acceptors (Lipinski definition) is 4. The zero-order valence-corrected chi connectivity index (χ0v) is 11.5. The van der Waals surface area contributed by atoms with Crippen LogP contribution in [0.5, 0.6) is 0 Å². The fraction of sp³-hybridized carbons (Fsp3) is 0.462. The highest BCUT2D eigenvalue weighted by Crippen LogP contribution is 2.30. The molecule has 1 aromatic carbocycles. The maximum atomic E-state index is 11.7. The van der Waals surface area contributed by atoms with Gasteiger partial charge in [-0.15, -0.1) is 0 Å². The lowest BCUT2D eigenvalue weighted by Crippen LogP contribution is -2.19. The van der Waals surface area contributed by atoms with Crippen LogP contribution in [0.1, 0.15) is 19.3 Å². The van der Waals surface area contributed by atoms with Crippen LogP contribution < -0.4 is 5.32 Å². The molecule has 0 aliphatic heterocycles. The number of carboxylic acid groups (broad SMARTS) is 1. The summed E-state index contributed by atoms with van der Waals surface area (Å²) in [4.78, 5) is 11.2. The third-order valence-electron chi connectivity index (χ3n) is 3.43. The molecule has 1 fully saturated rings. The SMILES string of the molecule is CS(=O)(=O)c1ccccc1N[C@H]1CC[C@@H](C(=O)O)C1. The van der Waals surface area contributed by atoms with Gasteiger partial charge in [0.2, 0.25) is 0 Å². The van der Waals surface area contributed by atoms with E-state index in [2.05, 4.69) is 5.32 Å². The molecule has 0 bridgehead atoms. The zero-order chi connectivity index (χ0) is 14.0. The zero-order valence-electron chi connectivity index (χ0n) is 10.7. The van der Waals surface area contributed by atoms with E-state index in [1.54, 1.807) is 24.3 Å². The molecule has 6 heteroatoms. The maximum Gasteiger partial charge on any atom is 0.306 e. The van der Waals surface area contributed by atoms with Gasteiger partial charge in [-0.05, 0) is 31.4 Å². The van der Waals surface area contributed by atoms with Crippen molar-refractivity contribution >= 4 is 21.5 Å². The summed E-state index contributed by atoms with van der Waals surface area (Å²) in [5.74, 6) is -1.11. The molecule has 19 heavy (non-hydrogen) atoms. The largest absolute Gasteiger partial charge is 0.481 e. The van der Waals surface area contributed by atoms with E-state index in [1.165, 1.54) is 6.26 Å². The summed E-state index contributed by atoms with van der Waals surface area (Å²) in [6, 6.07) is 6.73. The van der Waals surface area contributed by atoms with Gasteiger partial charge in [0, 0.05) is 12.3 Å². The minimum atomic E-state index is -3.28. The Morgan fingerprint density at radius 3 is 2.58 bits per heavy atom. The van der Waals surface area contributed by atoms with Crippen LogP contribution in [0, 0.1) is 5.92 Å². The number of anilines is 1. The summed E-state index contributed by atoms with van der Waals surface area (Å²) in [5, 5.41) is 12.1. The van der Waals surface area contributed by atoms with Crippen LogP contribution >= 0.6 is 0 Å². The van der Waals surface area contributed by atoms with Gasteiger partial charge in [-0.25, -0.2) is 8.42 Å². The normalized spacial score (nSPS) is 23.2. The molecule has 104 valence electrons. The van der Waals surface area contributed by atoms with Crippen LogP contribution in [0.25, 0.3) is 0 Å². The third kappa shape index (κ3) is 3.26. The lowest BCUT2D eigenvalue weighted by atomic mass is 10.1. The summed E-state index contributed by atoms with van der Waals surface area (Å²) in [7, 11) is -3.28. The number of aliphatic carboxylic acids is 1. The topological polar surface area (TPSA) is 83.5 Å². The summed E-state index contributed by atoms with van der Waals surface area (Å²) >= 11 is 0. The number of benzene rings is 1. The number of para-hydroxylation sites is 1. The van der Waals surface area contributed by atoms with Crippen molar-refractivity contribution in [1.29, 1.82) is 0 Å². The molecule has 1 aliphatic carbocycles. The van der Waals surface area contributed by atoms with Gasteiger partial charge in [-0.1, -0.05) is 12.1 Å². The van der Waals surface area contributed by atoms with E-state index in [0.29, 0.717) is 18.5 Å². The first kappa shape index (κ1) is 13.9. The summed E-state index contributed by atoms with van der Waals surface area (Å²) in [6.45, 7) is 0. The average Bonchev–Trinajstić information content (AvgIpc) is 2.77. The Kier molecular flexibility index (Phi) is 3.80. The van der Waals surface area contributed by atoms with Gasteiger partial charge >= 0.3 is 5.97 Å². The fourth-order valence-corrected chi connectivity index (χ4v) is 3.32. The van der Waals surface area contributed by atoms with Crippen LogP contribution in [0.15, 0.2) is 29.2 Å². The molecule has 0 heterocycles. The lowest BCUT2D eigenvalue weighted by Gasteiger charge is -2.16. The molecule has 0 saturated heterocycles. The van der Waals surface area contributed by atoms with Crippen molar-refractivity contribution in [3.63, 3.8) is 0 Å². The summed E-state index contributed by atoms with van der Waals surface area (Å²) in [6.07, 6.45) is 3.08. The van der Waals surface area contributed by atoms with Crippen LogP contribution in [0.3, 0.4) is 0 Å². The minimum Gasteiger partial charge on any atom is -0.481 e. The minimum absolute atomic E-state index is 0.0176. The Bertz CT molecular complexity index is 582. The summed E-state index contributed by atoms with van der Waals surface area (Å²) < 4.78 is 23.3. The monoisotopic (exact) mass is 283 g/mol. The van der Waals surface area contributed by atoms with Crippen LogP contribution in [0.2, 0.25) is 0 Å². The van der Waals surface area contributed by atoms with E-state index in [0.717, 1.165) is 6.42 Å². The number of rotatable bonds is 4. The van der Waals surface area contributed by atoms with Crippen molar-refractivity contribution < 1.29 is 18.3 Å². The standard InChI is InChI=1S/C13H17NO4S/c1-19(17,18)12-5-3-2-4-11(12)14-10-7-6-9(8-10)13(15)16/h2-5,9-10,14H,6-8H2,1H3,(H,15,16)/t9-,10+/m1/s1. The molecule has 2 atom stereocenters. The Labute approximate surface area is 112 Å². The second-order valence-corrected chi connectivity index (χ2v) is 6.94. The van der Waals surface area contributed by atoms with Gasteiger partial charge < -0.3 is 10.4 Å². The van der Waals surface area contributed by atoms with Gasteiger partial charge in [0.25, 0.3) is 0 Å². The maximum absolute atomic E-state index is 11.7. The molecule has 0 amide bonds. The molecular formula is C13H17NO4S. The molecule has 2 rings (SSSR count). The number of sulfone groups is 1. The first-order valence-corrected chi connectivity index (χ1v) is 8.05. The van der Waals surface area contributed by atoms with Crippen molar-refractivity contribution in [3.05, 3.63) is 24.3 Å². The molecule has 1 saturated carbocycles. The van der Waals surface area contributed by atoms with Gasteiger partial charge in [0.1, 0.15) is 0 Å². The van der Waals surface area contributed by atoms with Gasteiger partial charge in [0.05, 0.1) is 16.5 Å². The molecule has 0 spiro atoms. The number of carbonyl (C=O) groups is 1. The first-order chi connectivity index (χ1) is 8.88. The number of nitrogens with one attached hydrogen (secondary N) is 1. The Morgan fingerprint density at radius 2 is 2.00 bits per heavy atom. The van der Waals surface area contributed by atoms with Crippen molar-refractivity contribution in [2.75, 3.05) is 11.6 Å². The Hall–Kier alpha value is -1.56. The predicted octanol–water partition coefficient (Wildman–Crippen LogP) is 1.76. The second-order valence-electron chi connectivity index (χ2n) is 4.96. The fourth-order valence-electron chi connectivity index (χ4n) is 2.47. The smallest absolute Gasteiger partial charge is 0.306 e. The highest BCUT2D eigenvalue weighted by Gasteiger charge is 2.30. The van der Waals surface area contributed by atoms with E-state index in [1.807, 2.05) is 0 Å². The molecule has 1 aliphatic rings. The van der Waals surface area contributed by atoms with Gasteiger partial charge in [-0.3, -0.25) is 4.79 Å². The van der Waals surface area contributed by atoms with Crippen LogP contribution in [-0.4, -0.2) is 31.8 Å². The summed E-state index contributed by atoms with van der Waals surface area (Å²) in [5.41, 5.74) is 0.557. The molecule has 0 unspecified atom stereocenters. The van der Waals surface area contributed by atoms with E-state index in [9.17, 15) is 13.2 Å². The quantitative estimate of drug-likeness (QED) is 0.879. The first-order valence-electron chi connectivity index (χ1n) is 6.16. The van der Waals surface area contributed by atoms with Crippen molar-refractivity contribution in [3.8, 4) is 0 Å². The number of carboxylic acids is 1. The van der Waals surface area contributed by atoms with Crippen molar-refractivity contribution in [1.82, 2.24) is 0 Å². The van der Waals surface area contributed by atoms with E-state index < -0.39 is 15.8 Å². The molecule has 2 N–H and O–H groups in total. The molecule has 5 nitrogen and oxygen atoms in total. The Balaban J connectivity index is 2.15. The Morgan fingerprint density at radius 1 is 1.32 bits per heavy atom. The molecular weight excluding hydrogens is 266 g/mol. The molecule has 0 aromatic heterocycles.